The minimum atomic E-state index is 0.425. The van der Waals surface area contributed by atoms with E-state index in [1.165, 1.54) is 17.7 Å². The molecule has 0 bridgehead atoms. The molecule has 0 radical (unpaired) electrons. The van der Waals surface area contributed by atoms with Crippen molar-refractivity contribution in [2.45, 2.75) is 18.8 Å². The summed E-state index contributed by atoms with van der Waals surface area (Å²) in [6.07, 6.45) is 3.49. The molecule has 0 aliphatic carbocycles. The van der Waals surface area contributed by atoms with Crippen LogP contribution >= 0.6 is 11.8 Å². The van der Waals surface area contributed by atoms with Crippen molar-refractivity contribution >= 4 is 11.8 Å². The van der Waals surface area contributed by atoms with Crippen LogP contribution in [0.4, 0.5) is 0 Å². The Hall–Kier alpha value is -0.470. The molecular formula is C13H19NS. The lowest BCUT2D eigenvalue weighted by Crippen LogP contribution is -2.57. The van der Waals surface area contributed by atoms with Crippen molar-refractivity contribution in [2.24, 2.45) is 0 Å². The average Bonchev–Trinajstić information content (AvgIpc) is 2.19. The van der Waals surface area contributed by atoms with Crippen LogP contribution in [0.15, 0.2) is 24.3 Å². The second-order valence-electron chi connectivity index (χ2n) is 4.44. The molecule has 1 saturated heterocycles. The SMILES string of the molecule is CSCCC1(c2ccccc2C)CNC1. The van der Waals surface area contributed by atoms with Crippen molar-refractivity contribution in [1.29, 1.82) is 0 Å². The Balaban J connectivity index is 2.22. The predicted octanol–water partition coefficient (Wildman–Crippen LogP) is 2.59. The van der Waals surface area contributed by atoms with Gasteiger partial charge in [0.25, 0.3) is 0 Å². The van der Waals surface area contributed by atoms with E-state index in [-0.39, 0.29) is 0 Å². The Bertz CT molecular complexity index is 331. The molecule has 2 rings (SSSR count). The minimum Gasteiger partial charge on any atom is -0.315 e. The molecule has 1 aliphatic heterocycles. The van der Waals surface area contributed by atoms with Crippen molar-refractivity contribution in [3.63, 3.8) is 0 Å². The molecule has 1 aromatic carbocycles. The molecular weight excluding hydrogens is 202 g/mol. The van der Waals surface area contributed by atoms with E-state index in [4.69, 9.17) is 0 Å². The fraction of sp³-hybridized carbons (Fsp3) is 0.538. The van der Waals surface area contributed by atoms with Crippen molar-refractivity contribution in [1.82, 2.24) is 5.32 Å². The van der Waals surface area contributed by atoms with E-state index in [0.717, 1.165) is 13.1 Å². The Morgan fingerprint density at radius 2 is 2.07 bits per heavy atom. The van der Waals surface area contributed by atoms with Crippen LogP contribution in [-0.4, -0.2) is 25.1 Å². The fourth-order valence-electron chi connectivity index (χ4n) is 2.39. The zero-order valence-corrected chi connectivity index (χ0v) is 10.4. The van der Waals surface area contributed by atoms with Gasteiger partial charge in [0, 0.05) is 18.5 Å². The number of aryl methyl sites for hydroxylation is 1. The summed E-state index contributed by atoms with van der Waals surface area (Å²) < 4.78 is 0. The lowest BCUT2D eigenvalue weighted by atomic mass is 9.71. The molecule has 0 spiro atoms. The zero-order valence-electron chi connectivity index (χ0n) is 9.55. The number of hydrogen-bond acceptors (Lipinski definition) is 2. The second-order valence-corrected chi connectivity index (χ2v) is 5.43. The molecule has 0 saturated carbocycles. The summed E-state index contributed by atoms with van der Waals surface area (Å²) in [5.74, 6) is 1.26. The van der Waals surface area contributed by atoms with Gasteiger partial charge in [-0.25, -0.2) is 0 Å². The van der Waals surface area contributed by atoms with Gasteiger partial charge in [-0.1, -0.05) is 24.3 Å². The molecule has 0 atom stereocenters. The monoisotopic (exact) mass is 221 g/mol. The van der Waals surface area contributed by atoms with Gasteiger partial charge in [0.15, 0.2) is 0 Å². The molecule has 0 amide bonds. The minimum absolute atomic E-state index is 0.425. The van der Waals surface area contributed by atoms with Crippen LogP contribution in [-0.2, 0) is 5.41 Å². The van der Waals surface area contributed by atoms with Crippen molar-refractivity contribution in [3.8, 4) is 0 Å². The summed E-state index contributed by atoms with van der Waals surface area (Å²) in [4.78, 5) is 0. The summed E-state index contributed by atoms with van der Waals surface area (Å²) in [6, 6.07) is 8.83. The van der Waals surface area contributed by atoms with Crippen molar-refractivity contribution in [3.05, 3.63) is 35.4 Å². The van der Waals surface area contributed by atoms with E-state index in [2.05, 4.69) is 42.8 Å². The maximum Gasteiger partial charge on any atom is 0.0213 e. The summed E-state index contributed by atoms with van der Waals surface area (Å²) in [7, 11) is 0. The van der Waals surface area contributed by atoms with Gasteiger partial charge < -0.3 is 5.32 Å². The topological polar surface area (TPSA) is 12.0 Å². The average molecular weight is 221 g/mol. The largest absolute Gasteiger partial charge is 0.315 e. The number of thioether (sulfide) groups is 1. The molecule has 15 heavy (non-hydrogen) atoms. The Labute approximate surface area is 96.7 Å². The van der Waals surface area contributed by atoms with Gasteiger partial charge >= 0.3 is 0 Å². The smallest absolute Gasteiger partial charge is 0.0213 e. The summed E-state index contributed by atoms with van der Waals surface area (Å²) in [6.45, 7) is 4.53. The summed E-state index contributed by atoms with van der Waals surface area (Å²) in [5.41, 5.74) is 3.42. The highest BCUT2D eigenvalue weighted by Crippen LogP contribution is 2.34. The van der Waals surface area contributed by atoms with Gasteiger partial charge in [-0.3, -0.25) is 0 Å². The third-order valence-corrected chi connectivity index (χ3v) is 4.04. The number of hydrogen-bond donors (Lipinski definition) is 1. The quantitative estimate of drug-likeness (QED) is 0.838. The number of benzene rings is 1. The Morgan fingerprint density at radius 3 is 2.60 bits per heavy atom. The number of nitrogens with one attached hydrogen (secondary N) is 1. The molecule has 1 aromatic rings. The van der Waals surface area contributed by atoms with Crippen LogP contribution in [0.5, 0.6) is 0 Å². The standard InChI is InChI=1S/C13H19NS/c1-11-5-3-4-6-12(11)13(7-8-15-2)9-14-10-13/h3-6,14H,7-10H2,1-2H3. The van der Waals surface area contributed by atoms with Gasteiger partial charge in [-0.2, -0.15) is 11.8 Å². The second kappa shape index (κ2) is 4.58. The zero-order chi connectivity index (χ0) is 10.7. The van der Waals surface area contributed by atoms with Crippen molar-refractivity contribution < 1.29 is 0 Å². The van der Waals surface area contributed by atoms with E-state index >= 15 is 0 Å². The molecule has 0 unspecified atom stereocenters. The van der Waals surface area contributed by atoms with Gasteiger partial charge in [-0.15, -0.1) is 0 Å². The van der Waals surface area contributed by atoms with Gasteiger partial charge in [-0.05, 0) is 36.5 Å². The first kappa shape index (κ1) is 11.0. The molecule has 82 valence electrons. The molecule has 0 aromatic heterocycles. The van der Waals surface area contributed by atoms with Crippen LogP contribution in [0, 0.1) is 6.92 Å². The van der Waals surface area contributed by atoms with Crippen LogP contribution in [0.1, 0.15) is 17.5 Å². The third-order valence-electron chi connectivity index (χ3n) is 3.43. The highest BCUT2D eigenvalue weighted by Gasteiger charge is 2.38. The molecule has 2 heteroatoms. The first-order valence-corrected chi connectivity index (χ1v) is 6.94. The first-order valence-electron chi connectivity index (χ1n) is 5.54. The Morgan fingerprint density at radius 1 is 1.33 bits per heavy atom. The van der Waals surface area contributed by atoms with Crippen LogP contribution in [0.2, 0.25) is 0 Å². The van der Waals surface area contributed by atoms with Gasteiger partial charge in [0.1, 0.15) is 0 Å². The maximum atomic E-state index is 3.43. The van der Waals surface area contributed by atoms with Crippen molar-refractivity contribution in [2.75, 3.05) is 25.1 Å². The van der Waals surface area contributed by atoms with E-state index < -0.39 is 0 Å². The van der Waals surface area contributed by atoms with Crippen LogP contribution < -0.4 is 5.32 Å². The van der Waals surface area contributed by atoms with E-state index in [9.17, 15) is 0 Å². The van der Waals surface area contributed by atoms with Crippen LogP contribution in [0.25, 0.3) is 0 Å². The maximum absolute atomic E-state index is 3.43. The third kappa shape index (κ3) is 2.06. The predicted molar refractivity (Wildman–Crippen MR) is 68.7 cm³/mol. The van der Waals surface area contributed by atoms with Crippen LogP contribution in [0.3, 0.4) is 0 Å². The lowest BCUT2D eigenvalue weighted by Gasteiger charge is -2.44. The summed E-state index contributed by atoms with van der Waals surface area (Å²) >= 11 is 1.95. The van der Waals surface area contributed by atoms with Gasteiger partial charge in [0.2, 0.25) is 0 Å². The lowest BCUT2D eigenvalue weighted by molar-refractivity contribution is 0.268. The molecule has 1 aliphatic rings. The normalized spacial score (nSPS) is 18.5. The first-order chi connectivity index (χ1) is 7.28. The molecule has 1 N–H and O–H groups in total. The molecule has 1 fully saturated rings. The van der Waals surface area contributed by atoms with E-state index in [1.54, 1.807) is 5.56 Å². The van der Waals surface area contributed by atoms with E-state index in [1.807, 2.05) is 11.8 Å². The highest BCUT2D eigenvalue weighted by atomic mass is 32.2. The van der Waals surface area contributed by atoms with E-state index in [0.29, 0.717) is 5.41 Å². The van der Waals surface area contributed by atoms with Gasteiger partial charge in [0.05, 0.1) is 0 Å². The highest BCUT2D eigenvalue weighted by molar-refractivity contribution is 7.98. The Kier molecular flexibility index (Phi) is 3.37. The number of rotatable bonds is 4. The fourth-order valence-corrected chi connectivity index (χ4v) is 2.99. The molecule has 1 heterocycles. The molecule has 1 nitrogen and oxygen atoms in total. The summed E-state index contributed by atoms with van der Waals surface area (Å²) in [5, 5.41) is 3.43.